The van der Waals surface area contributed by atoms with E-state index in [1.807, 2.05) is 31.1 Å². The molecule has 1 aliphatic heterocycles. The van der Waals surface area contributed by atoms with Crippen LogP contribution in [0.4, 0.5) is 0 Å². The first-order chi connectivity index (χ1) is 8.48. The summed E-state index contributed by atoms with van der Waals surface area (Å²) < 4.78 is 23.3. The SMILES string of the molecule is CN(C)[C@@H]1CS(=O)(=O)C[C@@H]1N=Cc1ccncc1. The van der Waals surface area contributed by atoms with E-state index in [9.17, 15) is 8.42 Å². The van der Waals surface area contributed by atoms with Crippen molar-refractivity contribution in [2.45, 2.75) is 12.1 Å². The van der Waals surface area contributed by atoms with E-state index in [1.165, 1.54) is 0 Å². The van der Waals surface area contributed by atoms with Gasteiger partial charge in [0.25, 0.3) is 0 Å². The number of pyridine rings is 1. The van der Waals surface area contributed by atoms with Gasteiger partial charge in [-0.15, -0.1) is 0 Å². The van der Waals surface area contributed by atoms with Crippen LogP contribution < -0.4 is 0 Å². The zero-order valence-electron chi connectivity index (χ0n) is 10.5. The van der Waals surface area contributed by atoms with Gasteiger partial charge in [0.2, 0.25) is 0 Å². The summed E-state index contributed by atoms with van der Waals surface area (Å²) >= 11 is 0. The van der Waals surface area contributed by atoms with Gasteiger partial charge in [-0.05, 0) is 31.8 Å². The molecular weight excluding hydrogens is 250 g/mol. The predicted molar refractivity (Wildman–Crippen MR) is 71.7 cm³/mol. The molecule has 0 radical (unpaired) electrons. The number of aliphatic imine (C=N–C) groups is 1. The quantitative estimate of drug-likeness (QED) is 0.735. The molecule has 0 bridgehead atoms. The Morgan fingerprint density at radius 3 is 2.61 bits per heavy atom. The summed E-state index contributed by atoms with van der Waals surface area (Å²) in [4.78, 5) is 10.3. The number of hydrogen-bond donors (Lipinski definition) is 0. The largest absolute Gasteiger partial charge is 0.303 e. The number of nitrogens with zero attached hydrogens (tertiary/aromatic N) is 3. The van der Waals surface area contributed by atoms with Crippen molar-refractivity contribution in [2.24, 2.45) is 4.99 Å². The summed E-state index contributed by atoms with van der Waals surface area (Å²) in [5.74, 6) is 0.329. The molecule has 0 spiro atoms. The third-order valence-corrected chi connectivity index (χ3v) is 4.78. The average molecular weight is 267 g/mol. The summed E-state index contributed by atoms with van der Waals surface area (Å²) in [5.41, 5.74) is 0.937. The topological polar surface area (TPSA) is 62.6 Å². The second-order valence-electron chi connectivity index (χ2n) is 4.73. The maximum atomic E-state index is 11.7. The highest BCUT2D eigenvalue weighted by Crippen LogP contribution is 2.19. The molecule has 98 valence electrons. The third-order valence-electron chi connectivity index (χ3n) is 3.08. The maximum absolute atomic E-state index is 11.7. The minimum absolute atomic E-state index is 0.0342. The number of hydrogen-bond acceptors (Lipinski definition) is 5. The van der Waals surface area contributed by atoms with Gasteiger partial charge in [0.15, 0.2) is 9.84 Å². The molecule has 0 aliphatic carbocycles. The van der Waals surface area contributed by atoms with Crippen LogP contribution in [0.1, 0.15) is 5.56 Å². The van der Waals surface area contributed by atoms with E-state index in [0.717, 1.165) is 5.56 Å². The first-order valence-corrected chi connectivity index (χ1v) is 7.60. The average Bonchev–Trinajstić information content (AvgIpc) is 2.64. The van der Waals surface area contributed by atoms with Crippen LogP contribution in [0, 0.1) is 0 Å². The van der Waals surface area contributed by atoms with Crippen molar-refractivity contribution in [3.63, 3.8) is 0 Å². The molecule has 18 heavy (non-hydrogen) atoms. The fraction of sp³-hybridized carbons (Fsp3) is 0.500. The summed E-state index contributed by atoms with van der Waals surface area (Å²) in [5, 5.41) is 0. The fourth-order valence-electron chi connectivity index (χ4n) is 2.08. The smallest absolute Gasteiger partial charge is 0.154 e. The van der Waals surface area contributed by atoms with E-state index in [2.05, 4.69) is 9.98 Å². The number of likely N-dealkylation sites (N-methyl/N-ethyl adjacent to an activating group) is 1. The van der Waals surface area contributed by atoms with Crippen molar-refractivity contribution < 1.29 is 8.42 Å². The van der Waals surface area contributed by atoms with Gasteiger partial charge < -0.3 is 4.90 Å². The molecule has 0 unspecified atom stereocenters. The molecule has 1 aliphatic rings. The van der Waals surface area contributed by atoms with E-state index in [4.69, 9.17) is 0 Å². The van der Waals surface area contributed by atoms with E-state index in [-0.39, 0.29) is 23.6 Å². The molecule has 1 saturated heterocycles. The minimum Gasteiger partial charge on any atom is -0.303 e. The van der Waals surface area contributed by atoms with Crippen molar-refractivity contribution in [3.8, 4) is 0 Å². The lowest BCUT2D eigenvalue weighted by Crippen LogP contribution is -2.37. The Labute approximate surface area is 107 Å². The predicted octanol–water partition coefficient (Wildman–Crippen LogP) is 0.228. The lowest BCUT2D eigenvalue weighted by atomic mass is 10.1. The molecule has 0 amide bonds. The van der Waals surface area contributed by atoms with E-state index < -0.39 is 9.84 Å². The molecule has 2 atom stereocenters. The molecular formula is C12H17N3O2S. The van der Waals surface area contributed by atoms with E-state index in [0.29, 0.717) is 0 Å². The Morgan fingerprint density at radius 2 is 2.00 bits per heavy atom. The highest BCUT2D eigenvalue weighted by molar-refractivity contribution is 7.91. The van der Waals surface area contributed by atoms with Crippen LogP contribution in [0.5, 0.6) is 0 Å². The van der Waals surface area contributed by atoms with Crippen molar-refractivity contribution >= 4 is 16.1 Å². The van der Waals surface area contributed by atoms with Gasteiger partial charge in [-0.3, -0.25) is 9.98 Å². The van der Waals surface area contributed by atoms with Crippen molar-refractivity contribution in [1.29, 1.82) is 0 Å². The van der Waals surface area contributed by atoms with Gasteiger partial charge in [-0.2, -0.15) is 0 Å². The second-order valence-corrected chi connectivity index (χ2v) is 6.89. The van der Waals surface area contributed by atoms with Crippen LogP contribution in [-0.4, -0.2) is 62.2 Å². The van der Waals surface area contributed by atoms with Crippen molar-refractivity contribution in [1.82, 2.24) is 9.88 Å². The highest BCUT2D eigenvalue weighted by atomic mass is 32.2. The molecule has 2 heterocycles. The van der Waals surface area contributed by atoms with Gasteiger partial charge in [-0.1, -0.05) is 0 Å². The zero-order chi connectivity index (χ0) is 13.2. The second kappa shape index (κ2) is 5.16. The van der Waals surface area contributed by atoms with Gasteiger partial charge >= 0.3 is 0 Å². The molecule has 1 aromatic rings. The first-order valence-electron chi connectivity index (χ1n) is 5.78. The molecule has 5 nitrogen and oxygen atoms in total. The van der Waals surface area contributed by atoms with Crippen LogP contribution in [-0.2, 0) is 9.84 Å². The number of rotatable bonds is 3. The van der Waals surface area contributed by atoms with Crippen molar-refractivity contribution in [2.75, 3.05) is 25.6 Å². The maximum Gasteiger partial charge on any atom is 0.154 e. The lowest BCUT2D eigenvalue weighted by Gasteiger charge is -2.21. The Morgan fingerprint density at radius 1 is 1.33 bits per heavy atom. The number of sulfone groups is 1. The van der Waals surface area contributed by atoms with Crippen LogP contribution in [0.3, 0.4) is 0 Å². The van der Waals surface area contributed by atoms with E-state index >= 15 is 0 Å². The molecule has 2 rings (SSSR count). The summed E-state index contributed by atoms with van der Waals surface area (Å²) in [6, 6.07) is 3.47. The fourth-order valence-corrected chi connectivity index (χ4v) is 4.08. The Hall–Kier alpha value is -1.27. The monoisotopic (exact) mass is 267 g/mol. The molecule has 1 fully saturated rings. The van der Waals surface area contributed by atoms with Crippen LogP contribution >= 0.6 is 0 Å². The van der Waals surface area contributed by atoms with Crippen LogP contribution in [0.25, 0.3) is 0 Å². The molecule has 1 aromatic heterocycles. The summed E-state index contributed by atoms with van der Waals surface area (Å²) in [6.45, 7) is 0. The van der Waals surface area contributed by atoms with Gasteiger partial charge in [0.05, 0.1) is 17.5 Å². The normalized spacial score (nSPS) is 27.1. The highest BCUT2D eigenvalue weighted by Gasteiger charge is 2.38. The molecule has 6 heteroatoms. The molecule has 0 N–H and O–H groups in total. The minimum atomic E-state index is -2.96. The molecule has 0 saturated carbocycles. The van der Waals surface area contributed by atoms with Crippen molar-refractivity contribution in [3.05, 3.63) is 30.1 Å². The van der Waals surface area contributed by atoms with Crippen LogP contribution in [0.15, 0.2) is 29.5 Å². The third kappa shape index (κ3) is 3.14. The standard InChI is InChI=1S/C12H17N3O2S/c1-15(2)12-9-18(16,17)8-11(12)14-7-10-3-5-13-6-4-10/h3-7,11-12H,8-9H2,1-2H3/t11-,12+/m0/s1. The molecule has 0 aromatic carbocycles. The van der Waals surface area contributed by atoms with Crippen LogP contribution in [0.2, 0.25) is 0 Å². The summed E-state index contributed by atoms with van der Waals surface area (Å²) in [6.07, 6.45) is 5.11. The van der Waals surface area contributed by atoms with Gasteiger partial charge in [0, 0.05) is 24.7 Å². The Kier molecular flexibility index (Phi) is 3.77. The van der Waals surface area contributed by atoms with E-state index in [1.54, 1.807) is 18.6 Å². The Bertz CT molecular complexity index is 526. The van der Waals surface area contributed by atoms with Gasteiger partial charge in [0.1, 0.15) is 0 Å². The zero-order valence-corrected chi connectivity index (χ0v) is 11.3. The van der Waals surface area contributed by atoms with Gasteiger partial charge in [-0.25, -0.2) is 8.42 Å². The first kappa shape index (κ1) is 13.2. The number of aromatic nitrogens is 1. The summed E-state index contributed by atoms with van der Waals surface area (Å²) in [7, 11) is 0.817. The Balaban J connectivity index is 2.15. The lowest BCUT2D eigenvalue weighted by molar-refractivity contribution is 0.297.